The molecule has 2 amide bonds. The van der Waals surface area contributed by atoms with Crippen molar-refractivity contribution in [2.24, 2.45) is 0 Å². The van der Waals surface area contributed by atoms with E-state index in [-0.39, 0.29) is 19.1 Å². The Morgan fingerprint density at radius 3 is 2.67 bits per heavy atom. The van der Waals surface area contributed by atoms with Gasteiger partial charge in [-0.2, -0.15) is 0 Å². The van der Waals surface area contributed by atoms with E-state index in [4.69, 9.17) is 9.47 Å². The van der Waals surface area contributed by atoms with Crippen LogP contribution in [0, 0.1) is 0 Å². The van der Waals surface area contributed by atoms with Gasteiger partial charge in [0.25, 0.3) is 5.91 Å². The number of carbonyl (C=O) groups excluding carboxylic acids is 3. The molecule has 0 saturated carbocycles. The molecule has 0 unspecified atom stereocenters. The third-order valence-corrected chi connectivity index (χ3v) is 6.10. The maximum Gasteiger partial charge on any atom is 0.325 e. The summed E-state index contributed by atoms with van der Waals surface area (Å²) >= 11 is 1.43. The standard InChI is InChI=1S/C24H23N3O5S/c1-31-20-6-3-2-5-19(20)24-26-17(15-33-24)14-32-22(29)13-25-23(30)16-8-10-18(11-9-16)27-12-4-7-21(27)28/h2-3,5-6,8-11,15H,4,7,12-14H2,1H3,(H,25,30). The molecule has 0 spiro atoms. The summed E-state index contributed by atoms with van der Waals surface area (Å²) in [5.41, 5.74) is 2.66. The molecule has 1 aliphatic rings. The normalized spacial score (nSPS) is 13.1. The Labute approximate surface area is 195 Å². The van der Waals surface area contributed by atoms with Crippen molar-refractivity contribution in [1.82, 2.24) is 10.3 Å². The van der Waals surface area contributed by atoms with E-state index in [9.17, 15) is 14.4 Å². The highest BCUT2D eigenvalue weighted by atomic mass is 32.1. The Bertz CT molecular complexity index is 1160. The number of thiazole rings is 1. The molecule has 9 heteroatoms. The molecular formula is C24H23N3O5S. The zero-order chi connectivity index (χ0) is 23.2. The lowest BCUT2D eigenvalue weighted by atomic mass is 10.2. The third-order valence-electron chi connectivity index (χ3n) is 5.18. The number of esters is 1. The van der Waals surface area contributed by atoms with Crippen molar-refractivity contribution in [1.29, 1.82) is 0 Å². The van der Waals surface area contributed by atoms with Gasteiger partial charge in [-0.3, -0.25) is 14.4 Å². The van der Waals surface area contributed by atoms with Crippen LogP contribution in [0.5, 0.6) is 5.75 Å². The van der Waals surface area contributed by atoms with E-state index in [0.29, 0.717) is 24.2 Å². The highest BCUT2D eigenvalue weighted by molar-refractivity contribution is 7.13. The fraction of sp³-hybridized carbons (Fsp3) is 0.250. The summed E-state index contributed by atoms with van der Waals surface area (Å²) in [4.78, 5) is 42.4. The van der Waals surface area contributed by atoms with Gasteiger partial charge >= 0.3 is 5.97 Å². The second-order valence-corrected chi connectivity index (χ2v) is 8.24. The largest absolute Gasteiger partial charge is 0.496 e. The Hall–Kier alpha value is -3.72. The molecule has 1 aromatic heterocycles. The van der Waals surface area contributed by atoms with E-state index in [1.807, 2.05) is 29.6 Å². The predicted molar refractivity (Wildman–Crippen MR) is 124 cm³/mol. The van der Waals surface area contributed by atoms with E-state index in [0.717, 1.165) is 28.4 Å². The fourth-order valence-electron chi connectivity index (χ4n) is 3.49. The quantitative estimate of drug-likeness (QED) is 0.512. The number of nitrogens with one attached hydrogen (secondary N) is 1. The van der Waals surface area contributed by atoms with Gasteiger partial charge in [0.2, 0.25) is 5.91 Å². The summed E-state index contributed by atoms with van der Waals surface area (Å²) < 4.78 is 10.6. The second-order valence-electron chi connectivity index (χ2n) is 7.38. The van der Waals surface area contributed by atoms with Crippen molar-refractivity contribution in [2.75, 3.05) is 25.1 Å². The molecule has 4 rings (SSSR count). The van der Waals surface area contributed by atoms with Crippen molar-refractivity contribution in [2.45, 2.75) is 19.4 Å². The molecule has 1 fully saturated rings. The van der Waals surface area contributed by atoms with Crippen molar-refractivity contribution < 1.29 is 23.9 Å². The van der Waals surface area contributed by atoms with Gasteiger partial charge in [0.05, 0.1) is 18.4 Å². The number of para-hydroxylation sites is 1. The molecule has 0 radical (unpaired) electrons. The third kappa shape index (κ3) is 5.38. The molecular weight excluding hydrogens is 442 g/mol. The topological polar surface area (TPSA) is 97.8 Å². The zero-order valence-electron chi connectivity index (χ0n) is 18.1. The average Bonchev–Trinajstić information content (AvgIpc) is 3.50. The van der Waals surface area contributed by atoms with E-state index in [2.05, 4.69) is 10.3 Å². The molecule has 2 heterocycles. The molecule has 33 heavy (non-hydrogen) atoms. The average molecular weight is 466 g/mol. The van der Waals surface area contributed by atoms with E-state index in [1.165, 1.54) is 11.3 Å². The zero-order valence-corrected chi connectivity index (χ0v) is 18.9. The van der Waals surface area contributed by atoms with E-state index in [1.54, 1.807) is 36.3 Å². The second kappa shape index (κ2) is 10.3. The van der Waals surface area contributed by atoms with Crippen molar-refractivity contribution in [3.05, 3.63) is 65.2 Å². The van der Waals surface area contributed by atoms with Gasteiger partial charge in [-0.25, -0.2) is 4.98 Å². The van der Waals surface area contributed by atoms with Gasteiger partial charge in [0.1, 0.15) is 23.9 Å². The first kappa shape index (κ1) is 22.5. The van der Waals surface area contributed by atoms with Crippen LogP contribution in [0.25, 0.3) is 10.6 Å². The van der Waals surface area contributed by atoms with Crippen molar-refractivity contribution >= 4 is 34.8 Å². The maximum absolute atomic E-state index is 12.3. The van der Waals surface area contributed by atoms with E-state index < -0.39 is 11.9 Å². The van der Waals surface area contributed by atoms with Crippen molar-refractivity contribution in [3.63, 3.8) is 0 Å². The minimum absolute atomic E-state index is 0.0128. The Balaban J connectivity index is 1.25. The monoisotopic (exact) mass is 465 g/mol. The summed E-state index contributed by atoms with van der Waals surface area (Å²) in [5.74, 6) is -0.143. The van der Waals surface area contributed by atoms with Gasteiger partial charge in [0, 0.05) is 29.6 Å². The van der Waals surface area contributed by atoms with Gasteiger partial charge in [0.15, 0.2) is 0 Å². The minimum atomic E-state index is -0.561. The number of nitrogens with zero attached hydrogens (tertiary/aromatic N) is 2. The Morgan fingerprint density at radius 2 is 1.94 bits per heavy atom. The van der Waals surface area contributed by atoms with Crippen LogP contribution < -0.4 is 15.0 Å². The summed E-state index contributed by atoms with van der Waals surface area (Å²) in [6.07, 6.45) is 1.39. The smallest absolute Gasteiger partial charge is 0.325 e. The lowest BCUT2D eigenvalue weighted by Gasteiger charge is -2.15. The minimum Gasteiger partial charge on any atom is -0.496 e. The molecule has 0 atom stereocenters. The molecule has 1 N–H and O–H groups in total. The van der Waals surface area contributed by atoms with Gasteiger partial charge in [-0.05, 0) is 42.8 Å². The lowest BCUT2D eigenvalue weighted by molar-refractivity contribution is -0.143. The highest BCUT2D eigenvalue weighted by Gasteiger charge is 2.21. The summed E-state index contributed by atoms with van der Waals surface area (Å²) in [5, 5.41) is 5.14. The molecule has 1 aliphatic heterocycles. The molecule has 8 nitrogen and oxygen atoms in total. The molecule has 1 saturated heterocycles. The first-order chi connectivity index (χ1) is 16.0. The van der Waals surface area contributed by atoms with Crippen LogP contribution in [0.2, 0.25) is 0 Å². The van der Waals surface area contributed by atoms with Gasteiger partial charge in [-0.1, -0.05) is 12.1 Å². The van der Waals surface area contributed by atoms with Crippen LogP contribution in [0.15, 0.2) is 53.9 Å². The van der Waals surface area contributed by atoms with Gasteiger partial charge in [-0.15, -0.1) is 11.3 Å². The molecule has 0 aliphatic carbocycles. The maximum atomic E-state index is 12.3. The van der Waals surface area contributed by atoms with Crippen LogP contribution in [0.3, 0.4) is 0 Å². The number of hydrogen-bond donors (Lipinski definition) is 1. The Morgan fingerprint density at radius 1 is 1.15 bits per heavy atom. The van der Waals surface area contributed by atoms with Gasteiger partial charge < -0.3 is 19.7 Å². The highest BCUT2D eigenvalue weighted by Crippen LogP contribution is 2.32. The number of aromatic nitrogens is 1. The molecule has 170 valence electrons. The number of benzene rings is 2. The number of anilines is 1. The van der Waals surface area contributed by atoms with Crippen LogP contribution in [-0.2, 0) is 20.9 Å². The van der Waals surface area contributed by atoms with Crippen LogP contribution in [0.1, 0.15) is 28.9 Å². The Kier molecular flexibility index (Phi) is 6.99. The SMILES string of the molecule is COc1ccccc1-c1nc(COC(=O)CNC(=O)c2ccc(N3CCCC3=O)cc2)cs1. The number of ether oxygens (including phenoxy) is 2. The summed E-state index contributed by atoms with van der Waals surface area (Å²) in [7, 11) is 1.60. The van der Waals surface area contributed by atoms with Crippen LogP contribution >= 0.6 is 11.3 Å². The van der Waals surface area contributed by atoms with E-state index >= 15 is 0 Å². The number of carbonyl (C=O) groups is 3. The number of amides is 2. The molecule has 0 bridgehead atoms. The predicted octanol–water partition coefficient (Wildman–Crippen LogP) is 3.42. The summed E-state index contributed by atoms with van der Waals surface area (Å²) in [6.45, 7) is 0.448. The van der Waals surface area contributed by atoms with Crippen LogP contribution in [-0.4, -0.2) is 43.0 Å². The number of methoxy groups -OCH3 is 1. The molecule has 3 aromatic rings. The first-order valence-electron chi connectivity index (χ1n) is 10.5. The molecule has 2 aromatic carbocycles. The summed E-state index contributed by atoms with van der Waals surface area (Å²) in [6, 6.07) is 14.3. The fourth-order valence-corrected chi connectivity index (χ4v) is 4.33. The first-order valence-corrected chi connectivity index (χ1v) is 11.3. The van der Waals surface area contributed by atoms with Crippen LogP contribution in [0.4, 0.5) is 5.69 Å². The van der Waals surface area contributed by atoms with Crippen molar-refractivity contribution in [3.8, 4) is 16.3 Å². The lowest BCUT2D eigenvalue weighted by Crippen LogP contribution is -2.30. The number of rotatable bonds is 8. The number of hydrogen-bond acceptors (Lipinski definition) is 7.